The van der Waals surface area contributed by atoms with Gasteiger partial charge in [-0.1, -0.05) is 13.0 Å². The maximum atomic E-state index is 13.0. The van der Waals surface area contributed by atoms with Gasteiger partial charge in [-0.15, -0.1) is 0 Å². The van der Waals surface area contributed by atoms with Gasteiger partial charge in [0, 0.05) is 12.1 Å². The number of hydrogen-bond acceptors (Lipinski definition) is 4. The predicted molar refractivity (Wildman–Crippen MR) is 74.5 cm³/mol. The summed E-state index contributed by atoms with van der Waals surface area (Å²) in [6, 6.07) is 5.84. The van der Waals surface area contributed by atoms with Crippen molar-refractivity contribution in [1.29, 1.82) is 0 Å². The van der Waals surface area contributed by atoms with Gasteiger partial charge in [0.15, 0.2) is 12.3 Å². The molecule has 1 aromatic carbocycles. The van der Waals surface area contributed by atoms with Crippen molar-refractivity contribution in [2.24, 2.45) is 0 Å². The number of carbonyl (C=O) groups is 1. The van der Waals surface area contributed by atoms with Gasteiger partial charge in [-0.25, -0.2) is 9.37 Å². The van der Waals surface area contributed by atoms with Crippen LogP contribution in [0.15, 0.2) is 34.9 Å². The molecule has 1 heterocycles. The topological polar surface area (TPSA) is 64.4 Å². The Bertz CT molecular complexity index is 612. The third-order valence-electron chi connectivity index (χ3n) is 2.93. The molecule has 1 amide bonds. The van der Waals surface area contributed by atoms with Crippen molar-refractivity contribution in [2.75, 3.05) is 0 Å². The van der Waals surface area contributed by atoms with E-state index in [0.717, 1.165) is 6.42 Å². The molecule has 0 unspecified atom stereocenters. The van der Waals surface area contributed by atoms with Crippen LogP contribution in [-0.4, -0.2) is 16.9 Å². The van der Waals surface area contributed by atoms with Gasteiger partial charge in [0.2, 0.25) is 5.89 Å². The Morgan fingerprint density at radius 1 is 1.52 bits per heavy atom. The number of benzene rings is 1. The number of rotatable bonds is 6. The van der Waals surface area contributed by atoms with Gasteiger partial charge in [-0.3, -0.25) is 4.79 Å². The Morgan fingerprint density at radius 3 is 3.05 bits per heavy atom. The number of oxazole rings is 1. The molecule has 0 saturated carbocycles. The van der Waals surface area contributed by atoms with Crippen molar-refractivity contribution in [3.8, 4) is 5.75 Å². The Balaban J connectivity index is 1.92. The summed E-state index contributed by atoms with van der Waals surface area (Å²) >= 11 is 0. The van der Waals surface area contributed by atoms with Gasteiger partial charge < -0.3 is 14.5 Å². The molecular weight excluding hydrogens is 275 g/mol. The molecule has 0 aliphatic heterocycles. The van der Waals surface area contributed by atoms with Crippen molar-refractivity contribution in [1.82, 2.24) is 10.3 Å². The summed E-state index contributed by atoms with van der Waals surface area (Å²) in [5.41, 5.74) is 0.202. The van der Waals surface area contributed by atoms with E-state index in [9.17, 15) is 9.18 Å². The molecule has 1 N–H and O–H groups in total. The van der Waals surface area contributed by atoms with Gasteiger partial charge >= 0.3 is 0 Å². The fraction of sp³-hybridized carbons (Fsp3) is 0.333. The zero-order valence-corrected chi connectivity index (χ0v) is 11.9. The minimum Gasteiger partial charge on any atom is -0.484 e. The maximum absolute atomic E-state index is 13.0. The van der Waals surface area contributed by atoms with Gasteiger partial charge in [0.05, 0.1) is 0 Å². The van der Waals surface area contributed by atoms with Crippen LogP contribution in [0.1, 0.15) is 36.6 Å². The molecule has 0 aliphatic carbocycles. The second kappa shape index (κ2) is 6.88. The van der Waals surface area contributed by atoms with Crippen LogP contribution >= 0.6 is 0 Å². The highest BCUT2D eigenvalue weighted by atomic mass is 19.1. The molecule has 2 aromatic rings. The van der Waals surface area contributed by atoms with Crippen molar-refractivity contribution < 1.29 is 18.3 Å². The molecule has 1 atom stereocenters. The molecule has 0 bridgehead atoms. The molecule has 21 heavy (non-hydrogen) atoms. The first kappa shape index (κ1) is 15.0. The Hall–Kier alpha value is -2.37. The molecule has 112 valence electrons. The van der Waals surface area contributed by atoms with E-state index in [0.29, 0.717) is 5.75 Å². The number of carbonyl (C=O) groups excluding carboxylic acids is 1. The lowest BCUT2D eigenvalue weighted by molar-refractivity contribution is 0.0934. The Kier molecular flexibility index (Phi) is 4.92. The minimum atomic E-state index is -0.381. The fourth-order valence-corrected chi connectivity index (χ4v) is 1.58. The number of halogens is 1. The zero-order valence-electron chi connectivity index (χ0n) is 11.9. The smallest absolute Gasteiger partial charge is 0.273 e. The average molecular weight is 292 g/mol. The van der Waals surface area contributed by atoms with Gasteiger partial charge in [-0.2, -0.15) is 0 Å². The second-order valence-electron chi connectivity index (χ2n) is 4.66. The summed E-state index contributed by atoms with van der Waals surface area (Å²) in [6.45, 7) is 3.91. The number of ether oxygens (including phenoxy) is 1. The molecular formula is C15H17FN2O3. The first-order chi connectivity index (χ1) is 10.1. The van der Waals surface area contributed by atoms with Crippen LogP contribution in [0.3, 0.4) is 0 Å². The van der Waals surface area contributed by atoms with E-state index in [-0.39, 0.29) is 36.0 Å². The highest BCUT2D eigenvalue weighted by Gasteiger charge is 2.14. The van der Waals surface area contributed by atoms with Crippen molar-refractivity contribution >= 4 is 5.91 Å². The lowest BCUT2D eigenvalue weighted by atomic mass is 10.2. The molecule has 0 spiro atoms. The van der Waals surface area contributed by atoms with E-state index >= 15 is 0 Å². The molecule has 0 aliphatic rings. The van der Waals surface area contributed by atoms with Crippen LogP contribution in [0.2, 0.25) is 0 Å². The predicted octanol–water partition coefficient (Wildman–Crippen LogP) is 2.92. The van der Waals surface area contributed by atoms with Crippen molar-refractivity contribution in [2.45, 2.75) is 32.9 Å². The summed E-state index contributed by atoms with van der Waals surface area (Å²) in [4.78, 5) is 15.9. The van der Waals surface area contributed by atoms with E-state index < -0.39 is 0 Å². The highest BCUT2D eigenvalue weighted by Crippen LogP contribution is 2.14. The summed E-state index contributed by atoms with van der Waals surface area (Å²) in [5.74, 6) is -0.0361. The second-order valence-corrected chi connectivity index (χ2v) is 4.66. The molecule has 1 aromatic heterocycles. The summed E-state index contributed by atoms with van der Waals surface area (Å²) < 4.78 is 23.5. The molecule has 5 nitrogen and oxygen atoms in total. The first-order valence-corrected chi connectivity index (χ1v) is 6.72. The SMILES string of the molecule is CC[C@@H](C)NC(=O)c1coc(COc2cccc(F)c2)n1. The molecule has 0 saturated heterocycles. The quantitative estimate of drug-likeness (QED) is 0.889. The average Bonchev–Trinajstić information content (AvgIpc) is 2.94. The van der Waals surface area contributed by atoms with E-state index in [1.807, 2.05) is 13.8 Å². The first-order valence-electron chi connectivity index (χ1n) is 6.72. The molecule has 0 fully saturated rings. The maximum Gasteiger partial charge on any atom is 0.273 e. The zero-order chi connectivity index (χ0) is 15.2. The third-order valence-corrected chi connectivity index (χ3v) is 2.93. The number of amides is 1. The van der Waals surface area contributed by atoms with Crippen LogP contribution in [0, 0.1) is 5.82 Å². The lowest BCUT2D eigenvalue weighted by Gasteiger charge is -2.08. The Morgan fingerprint density at radius 2 is 2.33 bits per heavy atom. The number of nitrogens with one attached hydrogen (secondary N) is 1. The molecule has 0 radical (unpaired) electrons. The van der Waals surface area contributed by atoms with Gasteiger partial charge in [0.25, 0.3) is 5.91 Å². The monoisotopic (exact) mass is 292 g/mol. The standard InChI is InChI=1S/C15H17FN2O3/c1-3-10(2)17-15(19)13-8-21-14(18-13)9-20-12-6-4-5-11(16)7-12/h4-8,10H,3,9H2,1-2H3,(H,17,19)/t10-/m1/s1. The van der Waals surface area contributed by atoms with Crippen molar-refractivity contribution in [3.05, 3.63) is 47.9 Å². The third kappa shape index (κ3) is 4.30. The highest BCUT2D eigenvalue weighted by molar-refractivity contribution is 5.92. The van der Waals surface area contributed by atoms with Crippen LogP contribution in [-0.2, 0) is 6.61 Å². The number of hydrogen-bond donors (Lipinski definition) is 1. The van der Waals surface area contributed by atoms with Crippen molar-refractivity contribution in [3.63, 3.8) is 0 Å². The van der Waals surface area contributed by atoms with Crippen LogP contribution in [0.25, 0.3) is 0 Å². The van der Waals surface area contributed by atoms with E-state index in [1.54, 1.807) is 12.1 Å². The summed E-state index contributed by atoms with van der Waals surface area (Å²) in [6.07, 6.45) is 2.11. The Labute approximate surface area is 122 Å². The largest absolute Gasteiger partial charge is 0.484 e. The summed E-state index contributed by atoms with van der Waals surface area (Å²) in [7, 11) is 0. The van der Waals surface area contributed by atoms with Crippen LogP contribution < -0.4 is 10.1 Å². The van der Waals surface area contributed by atoms with Crippen LogP contribution in [0.4, 0.5) is 4.39 Å². The number of nitrogens with zero attached hydrogens (tertiary/aromatic N) is 1. The molecule has 6 heteroatoms. The molecule has 2 rings (SSSR count). The normalized spacial score (nSPS) is 12.0. The van der Waals surface area contributed by atoms with E-state index in [4.69, 9.17) is 9.15 Å². The minimum absolute atomic E-state index is 0.0278. The summed E-state index contributed by atoms with van der Waals surface area (Å²) in [5, 5.41) is 2.79. The van der Waals surface area contributed by atoms with Gasteiger partial charge in [-0.05, 0) is 25.5 Å². The number of aromatic nitrogens is 1. The van der Waals surface area contributed by atoms with Gasteiger partial charge in [0.1, 0.15) is 17.8 Å². The van der Waals surface area contributed by atoms with Crippen LogP contribution in [0.5, 0.6) is 5.75 Å². The lowest BCUT2D eigenvalue weighted by Crippen LogP contribution is -2.32. The van der Waals surface area contributed by atoms with E-state index in [1.165, 1.54) is 18.4 Å². The fourth-order valence-electron chi connectivity index (χ4n) is 1.58. The van der Waals surface area contributed by atoms with E-state index in [2.05, 4.69) is 10.3 Å².